The van der Waals surface area contributed by atoms with Crippen LogP contribution in [-0.2, 0) is 6.42 Å². The van der Waals surface area contributed by atoms with Gasteiger partial charge in [-0.1, -0.05) is 41.6 Å². The molecular weight excluding hydrogens is 320 g/mol. The van der Waals surface area contributed by atoms with Crippen LogP contribution in [0.15, 0.2) is 36.5 Å². The SMILES string of the molecule is NCCc1ccccc1C#Cc1cnc(N2CCNCC2)c(Cl)c1. The molecule has 24 heavy (non-hydrogen) atoms. The van der Waals surface area contributed by atoms with Crippen LogP contribution in [0.2, 0.25) is 5.02 Å². The third-order valence-electron chi connectivity index (χ3n) is 4.01. The molecule has 0 bridgehead atoms. The van der Waals surface area contributed by atoms with Gasteiger partial charge in [-0.05, 0) is 30.7 Å². The van der Waals surface area contributed by atoms with Crippen molar-refractivity contribution < 1.29 is 0 Å². The van der Waals surface area contributed by atoms with Gasteiger partial charge in [0.05, 0.1) is 5.02 Å². The molecule has 3 N–H and O–H groups in total. The summed E-state index contributed by atoms with van der Waals surface area (Å²) in [5, 5.41) is 3.98. The lowest BCUT2D eigenvalue weighted by Crippen LogP contribution is -2.44. The van der Waals surface area contributed by atoms with Crippen LogP contribution >= 0.6 is 11.6 Å². The van der Waals surface area contributed by atoms with Crippen LogP contribution in [0.5, 0.6) is 0 Å². The number of piperazine rings is 1. The number of hydrogen-bond acceptors (Lipinski definition) is 4. The van der Waals surface area contributed by atoms with Gasteiger partial charge in [0, 0.05) is 43.5 Å². The number of nitrogens with two attached hydrogens (primary N) is 1. The van der Waals surface area contributed by atoms with Crippen molar-refractivity contribution in [2.24, 2.45) is 5.73 Å². The van der Waals surface area contributed by atoms with Gasteiger partial charge < -0.3 is 16.0 Å². The van der Waals surface area contributed by atoms with Gasteiger partial charge in [0.25, 0.3) is 0 Å². The molecule has 1 aromatic heterocycles. The van der Waals surface area contributed by atoms with Crippen molar-refractivity contribution in [1.29, 1.82) is 0 Å². The minimum absolute atomic E-state index is 0.617. The van der Waals surface area contributed by atoms with Crippen LogP contribution in [0, 0.1) is 11.8 Å². The Labute approximate surface area is 148 Å². The molecule has 1 aliphatic rings. The quantitative estimate of drug-likeness (QED) is 0.840. The van der Waals surface area contributed by atoms with E-state index in [1.54, 1.807) is 6.20 Å². The zero-order valence-electron chi connectivity index (χ0n) is 13.6. The number of benzene rings is 1. The average molecular weight is 341 g/mol. The summed E-state index contributed by atoms with van der Waals surface area (Å²) in [4.78, 5) is 6.72. The van der Waals surface area contributed by atoms with Gasteiger partial charge in [0.2, 0.25) is 0 Å². The fourth-order valence-electron chi connectivity index (χ4n) is 2.76. The molecule has 4 nitrogen and oxygen atoms in total. The molecule has 0 radical (unpaired) electrons. The summed E-state index contributed by atoms with van der Waals surface area (Å²) in [5.41, 5.74) is 8.66. The highest BCUT2D eigenvalue weighted by Crippen LogP contribution is 2.24. The minimum atomic E-state index is 0.617. The van der Waals surface area contributed by atoms with Crippen molar-refractivity contribution in [1.82, 2.24) is 10.3 Å². The fraction of sp³-hybridized carbons (Fsp3) is 0.316. The van der Waals surface area contributed by atoms with Crippen LogP contribution in [0.3, 0.4) is 0 Å². The summed E-state index contributed by atoms with van der Waals surface area (Å²) in [6.45, 7) is 4.37. The van der Waals surface area contributed by atoms with E-state index in [1.165, 1.54) is 5.56 Å². The van der Waals surface area contributed by atoms with Gasteiger partial charge in [0.15, 0.2) is 0 Å². The van der Waals surface area contributed by atoms with Crippen molar-refractivity contribution in [3.8, 4) is 11.8 Å². The molecule has 1 aromatic carbocycles. The van der Waals surface area contributed by atoms with E-state index in [-0.39, 0.29) is 0 Å². The molecule has 2 aromatic rings. The molecule has 1 aliphatic heterocycles. The Hall–Kier alpha value is -2.06. The molecule has 0 saturated carbocycles. The molecule has 124 valence electrons. The van der Waals surface area contributed by atoms with Crippen LogP contribution < -0.4 is 16.0 Å². The van der Waals surface area contributed by atoms with Gasteiger partial charge in [-0.15, -0.1) is 0 Å². The Bertz CT molecular complexity index is 757. The van der Waals surface area contributed by atoms with Gasteiger partial charge >= 0.3 is 0 Å². The molecule has 0 amide bonds. The van der Waals surface area contributed by atoms with Gasteiger partial charge in [0.1, 0.15) is 5.82 Å². The van der Waals surface area contributed by atoms with Crippen molar-refractivity contribution >= 4 is 17.4 Å². The first kappa shape index (κ1) is 16.8. The van der Waals surface area contributed by atoms with Crippen LogP contribution in [-0.4, -0.2) is 37.7 Å². The summed E-state index contributed by atoms with van der Waals surface area (Å²) in [6.07, 6.45) is 2.62. The molecule has 2 heterocycles. The van der Waals surface area contributed by atoms with Crippen molar-refractivity contribution in [3.05, 3.63) is 58.2 Å². The van der Waals surface area contributed by atoms with Crippen molar-refractivity contribution in [2.75, 3.05) is 37.6 Å². The summed E-state index contributed by atoms with van der Waals surface area (Å²) in [6, 6.07) is 9.97. The Morgan fingerprint density at radius 2 is 2.00 bits per heavy atom. The van der Waals surface area contributed by atoms with Crippen LogP contribution in [0.25, 0.3) is 0 Å². The molecule has 1 fully saturated rings. The second-order valence-electron chi connectivity index (χ2n) is 5.71. The number of hydrogen-bond donors (Lipinski definition) is 2. The van der Waals surface area contributed by atoms with Gasteiger partial charge in [-0.2, -0.15) is 0 Å². The highest BCUT2D eigenvalue weighted by molar-refractivity contribution is 6.33. The third-order valence-corrected chi connectivity index (χ3v) is 4.29. The number of nitrogens with zero attached hydrogens (tertiary/aromatic N) is 2. The number of halogens is 1. The number of anilines is 1. The van der Waals surface area contributed by atoms with Crippen molar-refractivity contribution in [3.63, 3.8) is 0 Å². The Morgan fingerprint density at radius 1 is 1.21 bits per heavy atom. The van der Waals surface area contributed by atoms with E-state index >= 15 is 0 Å². The smallest absolute Gasteiger partial charge is 0.147 e. The molecule has 0 aliphatic carbocycles. The molecule has 1 saturated heterocycles. The Kier molecular flexibility index (Phi) is 5.71. The Morgan fingerprint density at radius 3 is 2.75 bits per heavy atom. The second kappa shape index (κ2) is 8.16. The van der Waals surface area contributed by atoms with Crippen LogP contribution in [0.4, 0.5) is 5.82 Å². The van der Waals surface area contributed by atoms with E-state index in [0.29, 0.717) is 11.6 Å². The van der Waals surface area contributed by atoms with E-state index in [2.05, 4.69) is 33.1 Å². The minimum Gasteiger partial charge on any atom is -0.353 e. The molecule has 0 atom stereocenters. The maximum atomic E-state index is 6.42. The van der Waals surface area contributed by atoms with Gasteiger partial charge in [-0.3, -0.25) is 0 Å². The topological polar surface area (TPSA) is 54.2 Å². The molecule has 5 heteroatoms. The molecular formula is C19H21ClN4. The second-order valence-corrected chi connectivity index (χ2v) is 6.12. The van der Waals surface area contributed by atoms with Gasteiger partial charge in [-0.25, -0.2) is 4.98 Å². The largest absolute Gasteiger partial charge is 0.353 e. The predicted molar refractivity (Wildman–Crippen MR) is 99.5 cm³/mol. The van der Waals surface area contributed by atoms with E-state index in [1.807, 2.05) is 24.3 Å². The van der Waals surface area contributed by atoms with E-state index in [0.717, 1.165) is 49.5 Å². The lowest BCUT2D eigenvalue weighted by atomic mass is 10.0. The Balaban J connectivity index is 1.81. The van der Waals surface area contributed by atoms with E-state index in [4.69, 9.17) is 17.3 Å². The van der Waals surface area contributed by atoms with E-state index < -0.39 is 0 Å². The predicted octanol–water partition coefficient (Wildman–Crippen LogP) is 2.05. The van der Waals surface area contributed by atoms with Crippen molar-refractivity contribution in [2.45, 2.75) is 6.42 Å². The zero-order chi connectivity index (χ0) is 16.8. The maximum absolute atomic E-state index is 6.42. The average Bonchev–Trinajstić information content (AvgIpc) is 2.62. The fourth-order valence-corrected chi connectivity index (χ4v) is 3.05. The maximum Gasteiger partial charge on any atom is 0.147 e. The first-order valence-electron chi connectivity index (χ1n) is 8.19. The first-order chi connectivity index (χ1) is 11.8. The first-order valence-corrected chi connectivity index (χ1v) is 8.57. The highest BCUT2D eigenvalue weighted by Gasteiger charge is 2.14. The highest BCUT2D eigenvalue weighted by atomic mass is 35.5. The molecule has 0 spiro atoms. The monoisotopic (exact) mass is 340 g/mol. The summed E-state index contributed by atoms with van der Waals surface area (Å²) in [7, 11) is 0. The number of rotatable bonds is 3. The lowest BCUT2D eigenvalue weighted by Gasteiger charge is -2.28. The standard InChI is InChI=1S/C19H21ClN4/c20-18-13-15(14-23-19(18)24-11-9-22-10-12-24)5-6-16-3-1-2-4-17(16)7-8-21/h1-4,13-14,22H,7-12,21H2. The normalized spacial score (nSPS) is 14.2. The summed E-state index contributed by atoms with van der Waals surface area (Å²) >= 11 is 6.42. The third kappa shape index (κ3) is 4.07. The van der Waals surface area contributed by atoms with Crippen LogP contribution in [0.1, 0.15) is 16.7 Å². The number of aromatic nitrogens is 1. The summed E-state index contributed by atoms with van der Waals surface area (Å²) < 4.78 is 0. The van der Waals surface area contributed by atoms with E-state index in [9.17, 15) is 0 Å². The molecule has 3 rings (SSSR count). The summed E-state index contributed by atoms with van der Waals surface area (Å²) in [5.74, 6) is 7.21. The lowest BCUT2D eigenvalue weighted by molar-refractivity contribution is 0.585. The zero-order valence-corrected chi connectivity index (χ0v) is 14.3. The molecule has 0 unspecified atom stereocenters. The number of nitrogens with one attached hydrogen (secondary N) is 1. The number of pyridine rings is 1.